The van der Waals surface area contributed by atoms with Gasteiger partial charge in [0.05, 0.1) is 18.4 Å². The molecule has 26 heavy (non-hydrogen) atoms. The zero-order valence-corrected chi connectivity index (χ0v) is 14.1. The quantitative estimate of drug-likeness (QED) is 0.825. The molecule has 3 unspecified atom stereocenters. The minimum absolute atomic E-state index is 0.0493. The van der Waals surface area contributed by atoms with E-state index in [0.29, 0.717) is 12.3 Å². The third-order valence-corrected chi connectivity index (χ3v) is 5.17. The first-order valence-corrected chi connectivity index (χ1v) is 8.84. The predicted octanol–water partition coefficient (Wildman–Crippen LogP) is 3.55. The van der Waals surface area contributed by atoms with Crippen molar-refractivity contribution < 1.29 is 4.79 Å². The molecule has 0 spiro atoms. The molecule has 4 nitrogen and oxygen atoms in total. The molecule has 1 aliphatic carbocycles. The van der Waals surface area contributed by atoms with Crippen LogP contribution < -0.4 is 0 Å². The molecule has 0 N–H and O–H groups in total. The molecule has 2 aromatic rings. The number of Topliss-reactive ketones (excluding diaryl/α,β-unsaturated/α-hetero) is 1. The van der Waals surface area contributed by atoms with Crippen molar-refractivity contribution in [3.63, 3.8) is 0 Å². The summed E-state index contributed by atoms with van der Waals surface area (Å²) in [5.41, 5.74) is 3.69. The summed E-state index contributed by atoms with van der Waals surface area (Å²) in [5, 5.41) is 0. The fourth-order valence-electron chi connectivity index (χ4n) is 3.93. The van der Waals surface area contributed by atoms with Crippen LogP contribution >= 0.6 is 0 Å². The number of carbonyl (C=O) groups excluding carboxylic acids is 1. The summed E-state index contributed by atoms with van der Waals surface area (Å²) < 4.78 is 0. The standard InChI is InChI=1S/C22H17N3O/c26-21-18(14-7-2-1-3-8-14)16-10-4-5-11-17(16)19-20(21)25-22(24-19)15-9-6-12-23-13-15/h1-12,15,18-19H,13H2. The molecule has 0 bridgehead atoms. The van der Waals surface area contributed by atoms with Crippen LogP contribution in [0.4, 0.5) is 0 Å². The van der Waals surface area contributed by atoms with Crippen LogP contribution in [0.1, 0.15) is 28.7 Å². The van der Waals surface area contributed by atoms with E-state index in [4.69, 9.17) is 4.99 Å². The molecule has 2 heterocycles. The van der Waals surface area contributed by atoms with E-state index >= 15 is 0 Å². The second kappa shape index (κ2) is 5.99. The second-order valence-electron chi connectivity index (χ2n) is 6.73. The van der Waals surface area contributed by atoms with Crippen molar-refractivity contribution >= 4 is 23.5 Å². The van der Waals surface area contributed by atoms with Crippen molar-refractivity contribution in [3.05, 3.63) is 83.4 Å². The molecular weight excluding hydrogens is 322 g/mol. The number of aliphatic imine (C=N–C) groups is 3. The fourth-order valence-corrected chi connectivity index (χ4v) is 3.93. The lowest BCUT2D eigenvalue weighted by atomic mass is 9.75. The molecule has 3 aliphatic rings. The van der Waals surface area contributed by atoms with Crippen LogP contribution in [0.25, 0.3) is 0 Å². The molecule has 126 valence electrons. The van der Waals surface area contributed by atoms with E-state index in [1.807, 2.05) is 54.6 Å². The van der Waals surface area contributed by atoms with E-state index in [-0.39, 0.29) is 23.7 Å². The highest BCUT2D eigenvalue weighted by atomic mass is 16.1. The summed E-state index contributed by atoms with van der Waals surface area (Å²) in [7, 11) is 0. The van der Waals surface area contributed by atoms with Gasteiger partial charge in [-0.25, -0.2) is 4.99 Å². The van der Waals surface area contributed by atoms with Gasteiger partial charge in [-0.15, -0.1) is 0 Å². The topological polar surface area (TPSA) is 54.1 Å². The Kier molecular flexibility index (Phi) is 3.49. The molecule has 0 aromatic heterocycles. The molecule has 0 saturated heterocycles. The number of fused-ring (bicyclic) bond motifs is 3. The van der Waals surface area contributed by atoms with Crippen molar-refractivity contribution in [1.29, 1.82) is 0 Å². The molecule has 2 aliphatic heterocycles. The average molecular weight is 339 g/mol. The van der Waals surface area contributed by atoms with E-state index in [1.165, 1.54) is 0 Å². The Morgan fingerprint density at radius 2 is 1.69 bits per heavy atom. The van der Waals surface area contributed by atoms with Gasteiger partial charge >= 0.3 is 0 Å². The van der Waals surface area contributed by atoms with Crippen molar-refractivity contribution in [1.82, 2.24) is 0 Å². The van der Waals surface area contributed by atoms with E-state index < -0.39 is 0 Å². The Bertz CT molecular complexity index is 1000. The van der Waals surface area contributed by atoms with Gasteiger partial charge in [-0.1, -0.05) is 60.7 Å². The summed E-state index contributed by atoms with van der Waals surface area (Å²) in [6.07, 6.45) is 5.76. The van der Waals surface area contributed by atoms with Gasteiger partial charge in [0.15, 0.2) is 5.78 Å². The largest absolute Gasteiger partial charge is 0.292 e. The van der Waals surface area contributed by atoms with E-state index in [9.17, 15) is 4.79 Å². The van der Waals surface area contributed by atoms with Crippen LogP contribution in [-0.2, 0) is 4.79 Å². The zero-order chi connectivity index (χ0) is 17.5. The highest BCUT2D eigenvalue weighted by molar-refractivity contribution is 6.48. The molecule has 5 rings (SSSR count). The van der Waals surface area contributed by atoms with E-state index in [1.54, 1.807) is 6.21 Å². The van der Waals surface area contributed by atoms with Crippen LogP contribution in [0, 0.1) is 5.92 Å². The maximum absolute atomic E-state index is 13.3. The van der Waals surface area contributed by atoms with E-state index in [0.717, 1.165) is 22.5 Å². The maximum atomic E-state index is 13.3. The SMILES string of the molecule is O=C1C2=NC(C3C=CC=NC3)=NC2c2ccccc2C1c1ccccc1. The van der Waals surface area contributed by atoms with Crippen molar-refractivity contribution in [2.24, 2.45) is 20.9 Å². The first-order chi connectivity index (χ1) is 12.8. The molecule has 3 atom stereocenters. The van der Waals surface area contributed by atoms with Crippen LogP contribution in [0.5, 0.6) is 0 Å². The Labute approximate surface area is 151 Å². The van der Waals surface area contributed by atoms with Crippen LogP contribution in [0.3, 0.4) is 0 Å². The van der Waals surface area contributed by atoms with Crippen molar-refractivity contribution in [3.8, 4) is 0 Å². The zero-order valence-electron chi connectivity index (χ0n) is 14.1. The average Bonchev–Trinajstić information content (AvgIpc) is 3.16. The Balaban J connectivity index is 1.63. The number of amidine groups is 1. The minimum Gasteiger partial charge on any atom is -0.292 e. The van der Waals surface area contributed by atoms with Crippen molar-refractivity contribution in [2.75, 3.05) is 6.54 Å². The second-order valence-corrected chi connectivity index (χ2v) is 6.73. The van der Waals surface area contributed by atoms with Gasteiger partial charge < -0.3 is 0 Å². The highest BCUT2D eigenvalue weighted by Crippen LogP contribution is 2.41. The van der Waals surface area contributed by atoms with Gasteiger partial charge in [0.1, 0.15) is 17.6 Å². The Morgan fingerprint density at radius 3 is 2.46 bits per heavy atom. The number of dihydropyridines is 1. The Morgan fingerprint density at radius 1 is 0.923 bits per heavy atom. The maximum Gasteiger partial charge on any atom is 0.191 e. The van der Waals surface area contributed by atoms with Crippen LogP contribution in [-0.4, -0.2) is 30.1 Å². The van der Waals surface area contributed by atoms with Gasteiger partial charge in [0, 0.05) is 6.21 Å². The number of hydrogen-bond acceptors (Lipinski definition) is 4. The number of carbonyl (C=O) groups is 1. The third-order valence-electron chi connectivity index (χ3n) is 5.17. The summed E-state index contributed by atoms with van der Waals surface area (Å²) in [4.78, 5) is 27.1. The lowest BCUT2D eigenvalue weighted by Crippen LogP contribution is -2.32. The fraction of sp³-hybridized carbons (Fsp3) is 0.182. The van der Waals surface area contributed by atoms with Gasteiger partial charge in [0.25, 0.3) is 0 Å². The number of allylic oxidation sites excluding steroid dienone is 1. The van der Waals surface area contributed by atoms with Gasteiger partial charge in [-0.2, -0.15) is 0 Å². The molecular formula is C22H17N3O. The smallest absolute Gasteiger partial charge is 0.191 e. The van der Waals surface area contributed by atoms with E-state index in [2.05, 4.69) is 22.1 Å². The molecule has 4 heteroatoms. The van der Waals surface area contributed by atoms with Gasteiger partial charge in [-0.05, 0) is 22.8 Å². The van der Waals surface area contributed by atoms with Crippen LogP contribution in [0.2, 0.25) is 0 Å². The molecule has 0 fully saturated rings. The summed E-state index contributed by atoms with van der Waals surface area (Å²) in [5.74, 6) is 0.516. The lowest BCUT2D eigenvalue weighted by Gasteiger charge is -2.28. The number of ketones is 1. The molecule has 2 aromatic carbocycles. The number of nitrogens with zero attached hydrogens (tertiary/aromatic N) is 3. The molecule has 0 amide bonds. The summed E-state index contributed by atoms with van der Waals surface area (Å²) in [6, 6.07) is 17.8. The predicted molar refractivity (Wildman–Crippen MR) is 103 cm³/mol. The molecule has 0 saturated carbocycles. The number of benzene rings is 2. The Hall–Kier alpha value is -3.14. The summed E-state index contributed by atoms with van der Waals surface area (Å²) >= 11 is 0. The number of hydrogen-bond donors (Lipinski definition) is 0. The normalized spacial score (nSPS) is 26.2. The first-order valence-electron chi connectivity index (χ1n) is 8.84. The summed E-state index contributed by atoms with van der Waals surface area (Å²) in [6.45, 7) is 0.636. The van der Waals surface area contributed by atoms with Gasteiger partial charge in [-0.3, -0.25) is 14.8 Å². The first kappa shape index (κ1) is 15.1. The number of rotatable bonds is 2. The molecule has 0 radical (unpaired) electrons. The van der Waals surface area contributed by atoms with Crippen molar-refractivity contribution in [2.45, 2.75) is 12.0 Å². The highest BCUT2D eigenvalue weighted by Gasteiger charge is 2.42. The minimum atomic E-state index is -0.308. The monoisotopic (exact) mass is 339 g/mol. The third kappa shape index (κ3) is 2.30. The lowest BCUT2D eigenvalue weighted by molar-refractivity contribution is -0.113. The van der Waals surface area contributed by atoms with Gasteiger partial charge in [0.2, 0.25) is 0 Å². The van der Waals surface area contributed by atoms with Crippen LogP contribution in [0.15, 0.2) is 81.7 Å².